The van der Waals surface area contributed by atoms with E-state index in [4.69, 9.17) is 0 Å². The minimum Gasteiger partial charge on any atom is -0.300 e. The predicted molar refractivity (Wildman–Crippen MR) is 102 cm³/mol. The second kappa shape index (κ2) is 7.72. The molecule has 3 saturated carbocycles. The van der Waals surface area contributed by atoms with Crippen LogP contribution in [0.5, 0.6) is 0 Å². The van der Waals surface area contributed by atoms with E-state index >= 15 is 0 Å². The first kappa shape index (κ1) is 20.0. The van der Waals surface area contributed by atoms with E-state index in [-0.39, 0.29) is 11.3 Å². The van der Waals surface area contributed by atoms with Gasteiger partial charge in [-0.2, -0.15) is 0 Å². The summed E-state index contributed by atoms with van der Waals surface area (Å²) in [5, 5.41) is 0. The van der Waals surface area contributed by atoms with Crippen molar-refractivity contribution in [2.24, 2.45) is 40.9 Å². The largest absolute Gasteiger partial charge is 0.300 e. The molecule has 4 rings (SSSR count). The molecule has 0 N–H and O–H groups in total. The van der Waals surface area contributed by atoms with E-state index in [0.29, 0.717) is 42.3 Å². The number of rotatable bonds is 2. The molecule has 4 aliphatic carbocycles. The number of ketones is 1. The molecule has 3 heteroatoms. The molecule has 0 aliphatic heterocycles. The van der Waals surface area contributed by atoms with E-state index in [9.17, 15) is 13.6 Å². The molecule has 4 aliphatic rings. The maximum atomic E-state index is 13.1. The number of Topliss-reactive ketones (excluding diaryl/α,β-unsaturated/α-hetero) is 1. The average molecular weight is 367 g/mol. The summed E-state index contributed by atoms with van der Waals surface area (Å²) in [6.07, 6.45) is 8.13. The van der Waals surface area contributed by atoms with Crippen LogP contribution in [0.4, 0.5) is 8.78 Å². The van der Waals surface area contributed by atoms with Crippen LogP contribution in [-0.2, 0) is 4.79 Å². The second-order valence-corrected chi connectivity index (χ2v) is 9.22. The normalized spacial score (nSPS) is 44.2. The first-order valence-electron chi connectivity index (χ1n) is 10.9. The lowest BCUT2D eigenvalue weighted by Crippen LogP contribution is -2.47. The van der Waals surface area contributed by atoms with Crippen LogP contribution in [0.2, 0.25) is 0 Å². The Morgan fingerprint density at radius 2 is 1.85 bits per heavy atom. The summed E-state index contributed by atoms with van der Waals surface area (Å²) in [6.45, 7) is 8.13. The zero-order valence-corrected chi connectivity index (χ0v) is 16.9. The number of hydrogen-bond acceptors (Lipinski definition) is 1. The molecule has 0 amide bonds. The highest BCUT2D eigenvalue weighted by Gasteiger charge is 2.56. The van der Waals surface area contributed by atoms with Gasteiger partial charge in [-0.3, -0.25) is 4.79 Å². The van der Waals surface area contributed by atoms with E-state index in [1.54, 1.807) is 6.92 Å². The standard InChI is InChI=1S/C21H30F2O.C2H6/c1-12(24)18-7-8-19-17-6-3-13-11-14(20(22)23)4-5-15(13)16(17)9-10-21(18,19)2;1-2/h3,14-20H,4-11H2,1-2H3;1-2H3. The molecule has 0 bridgehead atoms. The van der Waals surface area contributed by atoms with Gasteiger partial charge in [0.1, 0.15) is 5.78 Å². The van der Waals surface area contributed by atoms with Gasteiger partial charge in [-0.15, -0.1) is 0 Å². The van der Waals surface area contributed by atoms with Crippen molar-refractivity contribution < 1.29 is 13.6 Å². The van der Waals surface area contributed by atoms with Gasteiger partial charge in [-0.25, -0.2) is 8.78 Å². The SMILES string of the molecule is CC.CC(=O)C1CCC2C3CC=C4CC(C(F)F)CCC4C3CCC12C. The molecule has 148 valence electrons. The van der Waals surface area contributed by atoms with Gasteiger partial charge in [0.15, 0.2) is 0 Å². The third kappa shape index (κ3) is 3.18. The van der Waals surface area contributed by atoms with Crippen LogP contribution < -0.4 is 0 Å². The van der Waals surface area contributed by atoms with Gasteiger partial charge in [0.25, 0.3) is 0 Å². The zero-order chi connectivity index (χ0) is 19.1. The number of allylic oxidation sites excluding steroid dienone is 2. The lowest BCUT2D eigenvalue weighted by molar-refractivity contribution is -0.126. The molecule has 1 nitrogen and oxygen atoms in total. The summed E-state index contributed by atoms with van der Waals surface area (Å²) in [5.41, 5.74) is 1.54. The molecule has 7 atom stereocenters. The van der Waals surface area contributed by atoms with E-state index in [1.165, 1.54) is 18.4 Å². The third-order valence-electron chi connectivity index (χ3n) is 8.33. The molecule has 0 spiro atoms. The summed E-state index contributed by atoms with van der Waals surface area (Å²) in [4.78, 5) is 12.1. The monoisotopic (exact) mass is 366 g/mol. The third-order valence-corrected chi connectivity index (χ3v) is 8.33. The summed E-state index contributed by atoms with van der Waals surface area (Å²) < 4.78 is 26.2. The van der Waals surface area contributed by atoms with Gasteiger partial charge in [-0.05, 0) is 87.4 Å². The predicted octanol–water partition coefficient (Wildman–Crippen LogP) is 6.67. The van der Waals surface area contributed by atoms with Crippen LogP contribution in [0.3, 0.4) is 0 Å². The Labute approximate surface area is 158 Å². The molecular formula is C23H36F2O. The van der Waals surface area contributed by atoms with Gasteiger partial charge >= 0.3 is 0 Å². The first-order chi connectivity index (χ1) is 12.4. The Balaban J connectivity index is 0.000000948. The van der Waals surface area contributed by atoms with E-state index in [1.807, 2.05) is 13.8 Å². The lowest BCUT2D eigenvalue weighted by atomic mass is 9.51. The minimum absolute atomic E-state index is 0.193. The fraction of sp³-hybridized carbons (Fsp3) is 0.870. The van der Waals surface area contributed by atoms with E-state index in [2.05, 4.69) is 13.0 Å². The van der Waals surface area contributed by atoms with Crippen molar-refractivity contribution in [2.45, 2.75) is 85.5 Å². The van der Waals surface area contributed by atoms with Gasteiger partial charge in [0.2, 0.25) is 6.43 Å². The van der Waals surface area contributed by atoms with Gasteiger partial charge in [0, 0.05) is 11.8 Å². The maximum Gasteiger partial charge on any atom is 0.241 e. The number of carbonyl (C=O) groups is 1. The quantitative estimate of drug-likeness (QED) is 0.499. The van der Waals surface area contributed by atoms with Crippen LogP contribution in [0.15, 0.2) is 11.6 Å². The second-order valence-electron chi connectivity index (χ2n) is 9.22. The fourth-order valence-corrected chi connectivity index (χ4v) is 7.18. The van der Waals surface area contributed by atoms with E-state index in [0.717, 1.165) is 25.7 Å². The molecule has 26 heavy (non-hydrogen) atoms. The lowest BCUT2D eigenvalue weighted by Gasteiger charge is -2.53. The van der Waals surface area contributed by atoms with Gasteiger partial charge in [0.05, 0.1) is 0 Å². The van der Waals surface area contributed by atoms with Crippen molar-refractivity contribution in [1.82, 2.24) is 0 Å². The Bertz CT molecular complexity index is 554. The number of halogens is 2. The summed E-state index contributed by atoms with van der Waals surface area (Å²) in [6, 6.07) is 0. The van der Waals surface area contributed by atoms with Crippen molar-refractivity contribution in [1.29, 1.82) is 0 Å². The molecule has 3 fully saturated rings. The smallest absolute Gasteiger partial charge is 0.241 e. The van der Waals surface area contributed by atoms with Crippen molar-refractivity contribution in [2.75, 3.05) is 0 Å². The molecule has 0 heterocycles. The Morgan fingerprint density at radius 3 is 2.50 bits per heavy atom. The number of hydrogen-bond donors (Lipinski definition) is 0. The van der Waals surface area contributed by atoms with Crippen LogP contribution in [0.1, 0.15) is 79.1 Å². The molecule has 0 aromatic carbocycles. The minimum atomic E-state index is -2.16. The molecule has 0 radical (unpaired) electrons. The summed E-state index contributed by atoms with van der Waals surface area (Å²) >= 11 is 0. The highest BCUT2D eigenvalue weighted by atomic mass is 19.3. The van der Waals surface area contributed by atoms with E-state index < -0.39 is 12.3 Å². The van der Waals surface area contributed by atoms with Crippen LogP contribution in [-0.4, -0.2) is 12.2 Å². The zero-order valence-electron chi connectivity index (χ0n) is 16.9. The number of fused-ring (bicyclic) bond motifs is 5. The molecule has 0 saturated heterocycles. The molecule has 0 aromatic heterocycles. The van der Waals surface area contributed by atoms with Crippen LogP contribution in [0.25, 0.3) is 0 Å². The maximum absolute atomic E-state index is 13.1. The molecular weight excluding hydrogens is 330 g/mol. The highest BCUT2D eigenvalue weighted by molar-refractivity contribution is 5.79. The van der Waals surface area contributed by atoms with Crippen LogP contribution in [0, 0.1) is 40.9 Å². The fourth-order valence-electron chi connectivity index (χ4n) is 7.18. The Kier molecular flexibility index (Phi) is 5.94. The Morgan fingerprint density at radius 1 is 1.12 bits per heavy atom. The number of alkyl halides is 2. The topological polar surface area (TPSA) is 17.1 Å². The summed E-state index contributed by atoms with van der Waals surface area (Å²) in [7, 11) is 0. The molecule has 0 aromatic rings. The highest BCUT2D eigenvalue weighted by Crippen LogP contribution is 2.63. The average Bonchev–Trinajstić information content (AvgIpc) is 3.00. The van der Waals surface area contributed by atoms with Crippen molar-refractivity contribution in [3.05, 3.63) is 11.6 Å². The summed E-state index contributed by atoms with van der Waals surface area (Å²) in [5.74, 6) is 2.81. The van der Waals surface area contributed by atoms with Gasteiger partial charge in [-0.1, -0.05) is 32.4 Å². The van der Waals surface area contributed by atoms with Crippen molar-refractivity contribution in [3.8, 4) is 0 Å². The van der Waals surface area contributed by atoms with Crippen LogP contribution >= 0.6 is 0 Å². The van der Waals surface area contributed by atoms with Crippen molar-refractivity contribution in [3.63, 3.8) is 0 Å². The van der Waals surface area contributed by atoms with Crippen molar-refractivity contribution >= 4 is 5.78 Å². The Hall–Kier alpha value is -0.730. The first-order valence-corrected chi connectivity index (χ1v) is 10.9. The number of carbonyl (C=O) groups excluding carboxylic acids is 1. The molecule has 7 unspecified atom stereocenters. The van der Waals surface area contributed by atoms with Gasteiger partial charge < -0.3 is 0 Å².